The van der Waals surface area contributed by atoms with Gasteiger partial charge in [0.2, 0.25) is 0 Å². The Labute approximate surface area is 201 Å². The van der Waals surface area contributed by atoms with Gasteiger partial charge in [0.25, 0.3) is 0 Å². The zero-order valence-corrected chi connectivity index (χ0v) is 18.5. The van der Waals surface area contributed by atoms with Gasteiger partial charge in [0.15, 0.2) is 17.2 Å². The third-order valence-electron chi connectivity index (χ3n) is 5.22. The Balaban J connectivity index is 1.50. The van der Waals surface area contributed by atoms with E-state index in [1.807, 2.05) is 48.5 Å². The highest BCUT2D eigenvalue weighted by molar-refractivity contribution is 5.93. The molecule has 0 aliphatic heterocycles. The lowest BCUT2D eigenvalue weighted by atomic mass is 10.0. The van der Waals surface area contributed by atoms with Crippen LogP contribution in [0.2, 0.25) is 0 Å². The van der Waals surface area contributed by atoms with E-state index in [1.165, 1.54) is 0 Å². The smallest absolute Gasteiger partial charge is 0.343 e. The molecule has 0 unspecified atom stereocenters. The summed E-state index contributed by atoms with van der Waals surface area (Å²) in [5.41, 5.74) is 2.82. The number of esters is 2. The molecular formula is C28H22O7. The molecule has 0 aliphatic rings. The van der Waals surface area contributed by atoms with Crippen molar-refractivity contribution >= 4 is 11.9 Å². The quantitative estimate of drug-likeness (QED) is 0.198. The highest BCUT2D eigenvalue weighted by Crippen LogP contribution is 2.36. The molecule has 4 aromatic rings. The van der Waals surface area contributed by atoms with Gasteiger partial charge in [-0.3, -0.25) is 4.79 Å². The first-order chi connectivity index (χ1) is 16.9. The zero-order chi connectivity index (χ0) is 24.8. The lowest BCUT2D eigenvalue weighted by Gasteiger charge is -2.12. The second-order valence-corrected chi connectivity index (χ2v) is 7.77. The van der Waals surface area contributed by atoms with E-state index in [2.05, 4.69) is 0 Å². The van der Waals surface area contributed by atoms with E-state index in [0.29, 0.717) is 5.56 Å². The van der Waals surface area contributed by atoms with Gasteiger partial charge in [0.1, 0.15) is 12.4 Å². The van der Waals surface area contributed by atoms with Crippen molar-refractivity contribution in [3.63, 3.8) is 0 Å². The number of ether oxygens (including phenoxy) is 2. The monoisotopic (exact) mass is 470 g/mol. The minimum Gasteiger partial charge on any atom is -0.504 e. The van der Waals surface area contributed by atoms with Crippen molar-refractivity contribution in [1.29, 1.82) is 0 Å². The summed E-state index contributed by atoms with van der Waals surface area (Å²) in [6.45, 7) is 0.195. The molecule has 0 fully saturated rings. The molecule has 7 nitrogen and oxygen atoms in total. The molecule has 4 rings (SSSR count). The van der Waals surface area contributed by atoms with Gasteiger partial charge in [-0.15, -0.1) is 0 Å². The number of para-hydroxylation sites is 1. The molecule has 0 saturated carbocycles. The van der Waals surface area contributed by atoms with Gasteiger partial charge >= 0.3 is 11.9 Å². The zero-order valence-electron chi connectivity index (χ0n) is 18.5. The van der Waals surface area contributed by atoms with E-state index < -0.39 is 23.2 Å². The Morgan fingerprint density at radius 2 is 1.37 bits per heavy atom. The third-order valence-corrected chi connectivity index (χ3v) is 5.22. The normalized spacial score (nSPS) is 10.5. The van der Waals surface area contributed by atoms with E-state index in [0.717, 1.165) is 28.8 Å². The molecule has 0 heterocycles. The Morgan fingerprint density at radius 1 is 0.714 bits per heavy atom. The van der Waals surface area contributed by atoms with Crippen LogP contribution in [0.1, 0.15) is 21.5 Å². The van der Waals surface area contributed by atoms with Crippen molar-refractivity contribution in [2.75, 3.05) is 0 Å². The number of carbonyl (C=O) groups excluding carboxylic acids is 2. The highest BCUT2D eigenvalue weighted by atomic mass is 16.5. The SMILES string of the molecule is O=C(Cc1cccc(-c2ccccc2OC(=O)c2cc(O)c(O)c(O)c2)c1)OCc1ccccc1. The van der Waals surface area contributed by atoms with Crippen LogP contribution in [0.5, 0.6) is 23.0 Å². The fraction of sp³-hybridized carbons (Fsp3) is 0.0714. The van der Waals surface area contributed by atoms with E-state index in [4.69, 9.17) is 9.47 Å². The Hall–Kier alpha value is -4.78. The lowest BCUT2D eigenvalue weighted by Crippen LogP contribution is -2.09. The minimum atomic E-state index is -0.830. The Bertz CT molecular complexity index is 1340. The van der Waals surface area contributed by atoms with Crippen LogP contribution in [0.4, 0.5) is 0 Å². The summed E-state index contributed by atoms with van der Waals surface area (Å²) < 4.78 is 10.9. The number of carbonyl (C=O) groups is 2. The maximum atomic E-state index is 12.6. The van der Waals surface area contributed by atoms with Crippen molar-refractivity contribution in [2.45, 2.75) is 13.0 Å². The van der Waals surface area contributed by atoms with Crippen LogP contribution in [-0.4, -0.2) is 27.3 Å². The van der Waals surface area contributed by atoms with E-state index >= 15 is 0 Å². The van der Waals surface area contributed by atoms with Gasteiger partial charge in [-0.2, -0.15) is 0 Å². The minimum absolute atomic E-state index is 0.0781. The Morgan fingerprint density at radius 3 is 2.11 bits per heavy atom. The van der Waals surface area contributed by atoms with E-state index in [1.54, 1.807) is 30.3 Å². The molecule has 7 heteroatoms. The maximum Gasteiger partial charge on any atom is 0.343 e. The van der Waals surface area contributed by atoms with Crippen molar-refractivity contribution in [3.8, 4) is 34.1 Å². The average Bonchev–Trinajstić information content (AvgIpc) is 2.87. The highest BCUT2D eigenvalue weighted by Gasteiger charge is 2.17. The van der Waals surface area contributed by atoms with Crippen molar-refractivity contribution in [2.24, 2.45) is 0 Å². The van der Waals surface area contributed by atoms with E-state index in [-0.39, 0.29) is 30.3 Å². The molecule has 0 aliphatic carbocycles. The third kappa shape index (κ3) is 5.78. The van der Waals surface area contributed by atoms with Gasteiger partial charge in [0.05, 0.1) is 12.0 Å². The lowest BCUT2D eigenvalue weighted by molar-refractivity contribution is -0.144. The molecule has 0 amide bonds. The number of phenols is 3. The van der Waals surface area contributed by atoms with Crippen LogP contribution in [0.15, 0.2) is 91.0 Å². The van der Waals surface area contributed by atoms with Crippen LogP contribution in [0, 0.1) is 0 Å². The van der Waals surface area contributed by atoms with Gasteiger partial charge in [-0.25, -0.2) is 4.79 Å². The molecule has 0 bridgehead atoms. The summed E-state index contributed by atoms with van der Waals surface area (Å²) in [6.07, 6.45) is 0.0781. The molecule has 35 heavy (non-hydrogen) atoms. The van der Waals surface area contributed by atoms with Gasteiger partial charge in [0, 0.05) is 5.56 Å². The number of hydrogen-bond acceptors (Lipinski definition) is 7. The number of phenolic OH excluding ortho intramolecular Hbond substituents is 3. The first-order valence-corrected chi connectivity index (χ1v) is 10.8. The van der Waals surface area contributed by atoms with Crippen LogP contribution < -0.4 is 4.74 Å². The molecule has 3 N–H and O–H groups in total. The Kier molecular flexibility index (Phi) is 6.97. The van der Waals surface area contributed by atoms with Crippen LogP contribution in [-0.2, 0) is 22.6 Å². The van der Waals surface area contributed by atoms with Crippen LogP contribution >= 0.6 is 0 Å². The fourth-order valence-corrected chi connectivity index (χ4v) is 3.48. The second kappa shape index (κ2) is 10.4. The summed E-state index contributed by atoms with van der Waals surface area (Å²) in [6, 6.07) is 25.5. The average molecular weight is 470 g/mol. The van der Waals surface area contributed by atoms with Crippen LogP contribution in [0.3, 0.4) is 0 Å². The topological polar surface area (TPSA) is 113 Å². The molecule has 0 atom stereocenters. The summed E-state index contributed by atoms with van der Waals surface area (Å²) in [7, 11) is 0. The first kappa shape index (κ1) is 23.4. The molecule has 0 spiro atoms. The molecule has 176 valence electrons. The van der Waals surface area contributed by atoms with Crippen molar-refractivity contribution in [1.82, 2.24) is 0 Å². The van der Waals surface area contributed by atoms with Crippen molar-refractivity contribution in [3.05, 3.63) is 108 Å². The molecule has 0 aromatic heterocycles. The first-order valence-electron chi connectivity index (χ1n) is 10.8. The molecule has 4 aromatic carbocycles. The standard InChI is InChI=1S/C28H22O7/c29-23-15-21(16-24(30)27(23)32)28(33)35-25-12-5-4-11-22(25)20-10-6-9-19(13-20)14-26(31)34-17-18-7-2-1-3-8-18/h1-13,15-16,29-30,32H,14,17H2. The summed E-state index contributed by atoms with van der Waals surface area (Å²) in [5.74, 6) is -2.95. The van der Waals surface area contributed by atoms with Gasteiger partial charge in [-0.1, -0.05) is 72.8 Å². The second-order valence-electron chi connectivity index (χ2n) is 7.77. The molecular weight excluding hydrogens is 448 g/mol. The predicted octanol–water partition coefficient (Wildman–Crippen LogP) is 4.98. The molecule has 0 saturated heterocycles. The molecule has 0 radical (unpaired) electrons. The van der Waals surface area contributed by atoms with Gasteiger partial charge < -0.3 is 24.8 Å². The summed E-state index contributed by atoms with van der Waals surface area (Å²) >= 11 is 0. The van der Waals surface area contributed by atoms with Crippen molar-refractivity contribution < 1.29 is 34.4 Å². The summed E-state index contributed by atoms with van der Waals surface area (Å²) in [4.78, 5) is 25.0. The maximum absolute atomic E-state index is 12.6. The van der Waals surface area contributed by atoms with Gasteiger partial charge in [-0.05, 0) is 34.9 Å². The van der Waals surface area contributed by atoms with Crippen LogP contribution in [0.25, 0.3) is 11.1 Å². The number of aromatic hydroxyl groups is 3. The predicted molar refractivity (Wildman–Crippen MR) is 128 cm³/mol. The fourth-order valence-electron chi connectivity index (χ4n) is 3.48. The largest absolute Gasteiger partial charge is 0.504 e. The number of benzene rings is 4. The summed E-state index contributed by atoms with van der Waals surface area (Å²) in [5, 5.41) is 28.8. The number of hydrogen-bond donors (Lipinski definition) is 3. The van der Waals surface area contributed by atoms with E-state index in [9.17, 15) is 24.9 Å². The number of rotatable bonds is 7.